The molecule has 0 aliphatic carbocycles. The predicted octanol–water partition coefficient (Wildman–Crippen LogP) is 0.800. The molecule has 0 spiro atoms. The van der Waals surface area contributed by atoms with Crippen molar-refractivity contribution in [3.8, 4) is 11.5 Å². The van der Waals surface area contributed by atoms with Crippen LogP contribution in [-0.4, -0.2) is 24.7 Å². The molecule has 92 valence electrons. The molecule has 3 heterocycles. The fraction of sp³-hybridized carbons (Fsp3) is 0.273. The van der Waals surface area contributed by atoms with Crippen LogP contribution in [0.4, 0.5) is 0 Å². The van der Waals surface area contributed by atoms with Gasteiger partial charge in [0, 0.05) is 12.6 Å². The second-order valence-corrected chi connectivity index (χ2v) is 3.81. The molecular formula is C11H12N6O. The highest BCUT2D eigenvalue weighted by Gasteiger charge is 2.14. The van der Waals surface area contributed by atoms with Gasteiger partial charge in [0.1, 0.15) is 0 Å². The minimum absolute atomic E-state index is 0.328. The molecule has 18 heavy (non-hydrogen) atoms. The van der Waals surface area contributed by atoms with Gasteiger partial charge in [-0.05, 0) is 12.1 Å². The van der Waals surface area contributed by atoms with Crippen molar-refractivity contribution in [3.05, 3.63) is 30.0 Å². The van der Waals surface area contributed by atoms with Crippen molar-refractivity contribution in [2.45, 2.75) is 19.9 Å². The molecule has 0 atom stereocenters. The Morgan fingerprint density at radius 2 is 2.28 bits per heavy atom. The third-order valence-corrected chi connectivity index (χ3v) is 2.70. The second-order valence-electron chi connectivity index (χ2n) is 3.81. The number of rotatable bonds is 3. The van der Waals surface area contributed by atoms with Gasteiger partial charge in [-0.1, -0.05) is 12.1 Å². The average Bonchev–Trinajstić information content (AvgIpc) is 3.04. The van der Waals surface area contributed by atoms with E-state index in [0.717, 1.165) is 12.0 Å². The van der Waals surface area contributed by atoms with Crippen LogP contribution in [0.5, 0.6) is 0 Å². The number of aryl methyl sites for hydroxylation is 1. The molecule has 2 N–H and O–H groups in total. The van der Waals surface area contributed by atoms with Gasteiger partial charge in [0.05, 0.1) is 12.1 Å². The summed E-state index contributed by atoms with van der Waals surface area (Å²) in [7, 11) is 0. The smallest absolute Gasteiger partial charge is 0.261 e. The molecule has 0 aromatic carbocycles. The largest absolute Gasteiger partial charge is 0.334 e. The van der Waals surface area contributed by atoms with Crippen molar-refractivity contribution < 1.29 is 4.52 Å². The van der Waals surface area contributed by atoms with Gasteiger partial charge >= 0.3 is 0 Å². The van der Waals surface area contributed by atoms with Crippen molar-refractivity contribution in [2.75, 3.05) is 0 Å². The molecule has 0 saturated heterocycles. The lowest BCUT2D eigenvalue weighted by Crippen LogP contribution is -2.02. The summed E-state index contributed by atoms with van der Waals surface area (Å²) in [5, 5.41) is 12.0. The molecule has 0 amide bonds. The molecule has 0 unspecified atom stereocenters. The van der Waals surface area contributed by atoms with E-state index in [1.165, 1.54) is 0 Å². The molecule has 0 saturated carbocycles. The Morgan fingerprint density at radius 3 is 3.00 bits per heavy atom. The molecule has 3 aromatic rings. The Hall–Kier alpha value is -2.28. The fourth-order valence-corrected chi connectivity index (χ4v) is 1.78. The topological polar surface area (TPSA) is 95.1 Å². The summed E-state index contributed by atoms with van der Waals surface area (Å²) in [6.45, 7) is 2.30. The Labute approximate surface area is 103 Å². The first-order valence-corrected chi connectivity index (χ1v) is 5.69. The Kier molecular flexibility index (Phi) is 2.52. The van der Waals surface area contributed by atoms with E-state index in [1.54, 1.807) is 0 Å². The van der Waals surface area contributed by atoms with E-state index in [0.29, 0.717) is 29.7 Å². The second kappa shape index (κ2) is 4.19. The maximum Gasteiger partial charge on any atom is 0.261 e. The van der Waals surface area contributed by atoms with E-state index in [2.05, 4.69) is 20.3 Å². The lowest BCUT2D eigenvalue weighted by molar-refractivity contribution is 0.423. The third kappa shape index (κ3) is 1.56. The van der Waals surface area contributed by atoms with Crippen LogP contribution in [0.3, 0.4) is 0 Å². The minimum Gasteiger partial charge on any atom is -0.334 e. The maximum atomic E-state index is 5.60. The van der Waals surface area contributed by atoms with Crippen molar-refractivity contribution in [3.63, 3.8) is 0 Å². The van der Waals surface area contributed by atoms with Crippen LogP contribution in [0.15, 0.2) is 22.9 Å². The highest BCUT2D eigenvalue weighted by Crippen LogP contribution is 2.22. The normalized spacial score (nSPS) is 11.2. The van der Waals surface area contributed by atoms with E-state index < -0.39 is 0 Å². The zero-order valence-electron chi connectivity index (χ0n) is 9.87. The van der Waals surface area contributed by atoms with Crippen LogP contribution in [0.2, 0.25) is 0 Å². The van der Waals surface area contributed by atoms with Gasteiger partial charge in [-0.3, -0.25) is 4.40 Å². The van der Waals surface area contributed by atoms with Gasteiger partial charge in [-0.2, -0.15) is 4.98 Å². The van der Waals surface area contributed by atoms with Gasteiger partial charge in [0.15, 0.2) is 17.3 Å². The number of nitrogens with zero attached hydrogens (tertiary/aromatic N) is 5. The summed E-state index contributed by atoms with van der Waals surface area (Å²) in [5.74, 6) is 1.82. The summed E-state index contributed by atoms with van der Waals surface area (Å²) in [6.07, 6.45) is 2.59. The molecule has 7 nitrogen and oxygen atoms in total. The summed E-state index contributed by atoms with van der Waals surface area (Å²) in [5.41, 5.74) is 7.03. The zero-order valence-corrected chi connectivity index (χ0v) is 9.87. The van der Waals surface area contributed by atoms with Crippen molar-refractivity contribution >= 4 is 5.65 Å². The van der Waals surface area contributed by atoms with Crippen molar-refractivity contribution in [1.29, 1.82) is 0 Å². The lowest BCUT2D eigenvalue weighted by Gasteiger charge is -1.98. The van der Waals surface area contributed by atoms with Crippen LogP contribution in [0.1, 0.15) is 18.6 Å². The van der Waals surface area contributed by atoms with Crippen LogP contribution in [0.25, 0.3) is 17.1 Å². The summed E-state index contributed by atoms with van der Waals surface area (Å²) in [6, 6.07) is 3.75. The molecular weight excluding hydrogens is 232 g/mol. The lowest BCUT2D eigenvalue weighted by atomic mass is 10.2. The van der Waals surface area contributed by atoms with Crippen molar-refractivity contribution in [1.82, 2.24) is 24.7 Å². The number of pyridine rings is 1. The van der Waals surface area contributed by atoms with E-state index in [-0.39, 0.29) is 0 Å². The van der Waals surface area contributed by atoms with Gasteiger partial charge in [0.2, 0.25) is 0 Å². The monoisotopic (exact) mass is 244 g/mol. The summed E-state index contributed by atoms with van der Waals surface area (Å²) in [4.78, 5) is 4.29. The van der Waals surface area contributed by atoms with Gasteiger partial charge in [-0.25, -0.2) is 0 Å². The first-order chi connectivity index (χ1) is 8.83. The number of hydrogen-bond acceptors (Lipinski definition) is 6. The molecule has 0 radical (unpaired) electrons. The van der Waals surface area contributed by atoms with Crippen LogP contribution >= 0.6 is 0 Å². The van der Waals surface area contributed by atoms with Crippen LogP contribution < -0.4 is 5.73 Å². The molecule has 3 rings (SSSR count). The standard InChI is InChI=1S/C11H12N6O/c1-2-8-13-11(18-16-8)7-4-3-5-17-9(6-12)14-15-10(7)17/h3-5H,2,6,12H2,1H3. The highest BCUT2D eigenvalue weighted by atomic mass is 16.5. The maximum absolute atomic E-state index is 5.60. The first-order valence-electron chi connectivity index (χ1n) is 5.69. The fourth-order valence-electron chi connectivity index (χ4n) is 1.78. The number of hydrogen-bond donors (Lipinski definition) is 1. The average molecular weight is 244 g/mol. The molecule has 3 aromatic heterocycles. The Balaban J connectivity index is 2.19. The van der Waals surface area contributed by atoms with Crippen molar-refractivity contribution in [2.24, 2.45) is 5.73 Å². The third-order valence-electron chi connectivity index (χ3n) is 2.70. The molecule has 0 aliphatic heterocycles. The number of nitrogens with two attached hydrogens (primary N) is 1. The molecule has 0 fully saturated rings. The van der Waals surface area contributed by atoms with Gasteiger partial charge in [0.25, 0.3) is 5.89 Å². The molecule has 7 heteroatoms. The highest BCUT2D eigenvalue weighted by molar-refractivity contribution is 5.71. The number of aromatic nitrogens is 5. The van der Waals surface area contributed by atoms with Gasteiger partial charge < -0.3 is 10.3 Å². The van der Waals surface area contributed by atoms with E-state index >= 15 is 0 Å². The Morgan fingerprint density at radius 1 is 1.39 bits per heavy atom. The molecule has 0 aliphatic rings. The summed E-state index contributed by atoms with van der Waals surface area (Å²) < 4.78 is 7.04. The molecule has 0 bridgehead atoms. The predicted molar refractivity (Wildman–Crippen MR) is 63.5 cm³/mol. The number of fused-ring (bicyclic) bond motifs is 1. The van der Waals surface area contributed by atoms with Gasteiger partial charge in [-0.15, -0.1) is 10.2 Å². The SMILES string of the molecule is CCc1noc(-c2cccn3c(CN)nnc23)n1. The van der Waals surface area contributed by atoms with E-state index in [1.807, 2.05) is 29.7 Å². The van der Waals surface area contributed by atoms with E-state index in [9.17, 15) is 0 Å². The zero-order chi connectivity index (χ0) is 12.5. The van der Waals surface area contributed by atoms with E-state index in [4.69, 9.17) is 10.3 Å². The van der Waals surface area contributed by atoms with Crippen LogP contribution in [-0.2, 0) is 13.0 Å². The first kappa shape index (κ1) is 10.8. The summed E-state index contributed by atoms with van der Waals surface area (Å²) >= 11 is 0. The quantitative estimate of drug-likeness (QED) is 0.732. The van der Waals surface area contributed by atoms with Crippen LogP contribution in [0, 0.1) is 0 Å². The minimum atomic E-state index is 0.328. The Bertz CT molecular complexity index is 686.